The van der Waals surface area contributed by atoms with Gasteiger partial charge < -0.3 is 10.2 Å². The minimum atomic E-state index is -2.63. The minimum absolute atomic E-state index is 0.0277. The van der Waals surface area contributed by atoms with Gasteiger partial charge in [-0.2, -0.15) is 0 Å². The Morgan fingerprint density at radius 2 is 1.79 bits per heavy atom. The van der Waals surface area contributed by atoms with Gasteiger partial charge in [0.05, 0.1) is 6.54 Å². The number of halogens is 2. The van der Waals surface area contributed by atoms with Gasteiger partial charge in [0.25, 0.3) is 6.43 Å². The Morgan fingerprint density at radius 3 is 2.39 bits per heavy atom. The predicted molar refractivity (Wildman–Crippen MR) is 101 cm³/mol. The summed E-state index contributed by atoms with van der Waals surface area (Å²) in [7, 11) is 0. The first-order valence-electron chi connectivity index (χ1n) is 8.90. The Morgan fingerprint density at radius 1 is 1.11 bits per heavy atom. The molecule has 1 aliphatic rings. The SMILES string of the molecule is CC(=O)c1ccc(NC(=O)CN2CCN(c3cc(C(F)F)ncn3)CC2)cc1. The number of amides is 1. The van der Waals surface area contributed by atoms with Crippen LogP contribution in [0.2, 0.25) is 0 Å². The van der Waals surface area contributed by atoms with Crippen LogP contribution in [0.15, 0.2) is 36.7 Å². The molecule has 7 nitrogen and oxygen atoms in total. The summed E-state index contributed by atoms with van der Waals surface area (Å²) in [5, 5.41) is 2.81. The number of piperazine rings is 1. The molecular weight excluding hydrogens is 368 g/mol. The smallest absolute Gasteiger partial charge is 0.280 e. The first-order chi connectivity index (χ1) is 13.4. The van der Waals surface area contributed by atoms with Crippen molar-refractivity contribution >= 4 is 23.2 Å². The molecule has 28 heavy (non-hydrogen) atoms. The van der Waals surface area contributed by atoms with E-state index in [-0.39, 0.29) is 23.9 Å². The fourth-order valence-corrected chi connectivity index (χ4v) is 2.98. The zero-order valence-electron chi connectivity index (χ0n) is 15.4. The maximum Gasteiger partial charge on any atom is 0.280 e. The lowest BCUT2D eigenvalue weighted by Gasteiger charge is -2.35. The van der Waals surface area contributed by atoms with Crippen molar-refractivity contribution in [3.8, 4) is 0 Å². The molecule has 1 fully saturated rings. The molecule has 2 aromatic rings. The van der Waals surface area contributed by atoms with E-state index in [4.69, 9.17) is 0 Å². The zero-order valence-corrected chi connectivity index (χ0v) is 15.4. The largest absolute Gasteiger partial charge is 0.354 e. The summed E-state index contributed by atoms with van der Waals surface area (Å²) in [6.45, 7) is 4.12. The fourth-order valence-electron chi connectivity index (χ4n) is 2.98. The first-order valence-corrected chi connectivity index (χ1v) is 8.90. The van der Waals surface area contributed by atoms with E-state index in [0.717, 1.165) is 6.33 Å². The van der Waals surface area contributed by atoms with Gasteiger partial charge in [0, 0.05) is 43.5 Å². The second-order valence-corrected chi connectivity index (χ2v) is 6.55. The van der Waals surface area contributed by atoms with Crippen molar-refractivity contribution in [3.63, 3.8) is 0 Å². The second-order valence-electron chi connectivity index (χ2n) is 6.55. The maximum absolute atomic E-state index is 12.8. The van der Waals surface area contributed by atoms with Gasteiger partial charge in [0.2, 0.25) is 5.91 Å². The van der Waals surface area contributed by atoms with E-state index in [0.29, 0.717) is 43.2 Å². The number of hydrogen-bond donors (Lipinski definition) is 1. The summed E-state index contributed by atoms with van der Waals surface area (Å²) in [5.74, 6) is 0.297. The number of hydrogen-bond acceptors (Lipinski definition) is 6. The van der Waals surface area contributed by atoms with Crippen LogP contribution in [0.25, 0.3) is 0 Å². The molecule has 0 radical (unpaired) electrons. The molecule has 0 saturated carbocycles. The van der Waals surface area contributed by atoms with Crippen LogP contribution in [0.5, 0.6) is 0 Å². The van der Waals surface area contributed by atoms with Gasteiger partial charge >= 0.3 is 0 Å². The maximum atomic E-state index is 12.8. The van der Waals surface area contributed by atoms with Gasteiger partial charge in [0.1, 0.15) is 17.8 Å². The molecule has 1 amide bonds. The van der Waals surface area contributed by atoms with Crippen molar-refractivity contribution in [3.05, 3.63) is 47.9 Å². The summed E-state index contributed by atoms with van der Waals surface area (Å²) in [6.07, 6.45) is -1.48. The van der Waals surface area contributed by atoms with Gasteiger partial charge in [-0.3, -0.25) is 14.5 Å². The number of anilines is 2. The highest BCUT2D eigenvalue weighted by Crippen LogP contribution is 2.20. The van der Waals surface area contributed by atoms with Crippen molar-refractivity contribution < 1.29 is 18.4 Å². The third kappa shape index (κ3) is 5.07. The van der Waals surface area contributed by atoms with Crippen LogP contribution in [0.3, 0.4) is 0 Å². The highest BCUT2D eigenvalue weighted by molar-refractivity contribution is 5.96. The van der Waals surface area contributed by atoms with Crippen LogP contribution in [-0.4, -0.2) is 59.3 Å². The molecule has 1 aromatic carbocycles. The van der Waals surface area contributed by atoms with Crippen molar-refractivity contribution in [1.29, 1.82) is 0 Å². The lowest BCUT2D eigenvalue weighted by Crippen LogP contribution is -2.49. The number of carbonyl (C=O) groups excluding carboxylic acids is 2. The summed E-state index contributed by atoms with van der Waals surface area (Å²) in [6, 6.07) is 8.04. The summed E-state index contributed by atoms with van der Waals surface area (Å²) in [4.78, 5) is 35.0. The van der Waals surface area contributed by atoms with E-state index in [1.54, 1.807) is 24.3 Å². The highest BCUT2D eigenvalue weighted by atomic mass is 19.3. The minimum Gasteiger partial charge on any atom is -0.354 e. The normalized spacial score (nSPS) is 14.9. The van der Waals surface area contributed by atoms with Crippen LogP contribution in [0.1, 0.15) is 29.4 Å². The molecule has 0 aliphatic carbocycles. The number of benzene rings is 1. The number of ketones is 1. The van der Waals surface area contributed by atoms with E-state index in [1.165, 1.54) is 13.0 Å². The molecular formula is C19H21F2N5O2. The van der Waals surface area contributed by atoms with Crippen LogP contribution in [0.4, 0.5) is 20.3 Å². The number of rotatable bonds is 6. The first kappa shape index (κ1) is 19.8. The standard InChI is InChI=1S/C19H21F2N5O2/c1-13(27)14-2-4-15(5-3-14)24-18(28)11-25-6-8-26(9-7-25)17-10-16(19(20)21)22-12-23-17/h2-5,10,12,19H,6-9,11H2,1H3,(H,24,28). The van der Waals surface area contributed by atoms with E-state index in [1.807, 2.05) is 9.80 Å². The fraction of sp³-hybridized carbons (Fsp3) is 0.368. The monoisotopic (exact) mass is 389 g/mol. The molecule has 1 aromatic heterocycles. The zero-order chi connectivity index (χ0) is 20.1. The second kappa shape index (κ2) is 8.83. The van der Waals surface area contributed by atoms with Crippen molar-refractivity contribution in [2.75, 3.05) is 42.9 Å². The van der Waals surface area contributed by atoms with Crippen LogP contribution in [0, 0.1) is 0 Å². The third-order valence-corrected chi connectivity index (χ3v) is 4.54. The molecule has 1 N–H and O–H groups in total. The molecule has 9 heteroatoms. The number of aromatic nitrogens is 2. The number of nitrogens with zero attached hydrogens (tertiary/aromatic N) is 4. The quantitative estimate of drug-likeness (QED) is 0.765. The van der Waals surface area contributed by atoms with Crippen LogP contribution < -0.4 is 10.2 Å². The number of alkyl halides is 2. The average molecular weight is 389 g/mol. The third-order valence-electron chi connectivity index (χ3n) is 4.54. The summed E-state index contributed by atoms with van der Waals surface area (Å²) < 4.78 is 25.6. The van der Waals surface area contributed by atoms with Gasteiger partial charge in [-0.1, -0.05) is 0 Å². The van der Waals surface area contributed by atoms with Crippen molar-refractivity contribution in [1.82, 2.24) is 14.9 Å². The Kier molecular flexibility index (Phi) is 6.25. The Bertz CT molecular complexity index is 836. The van der Waals surface area contributed by atoms with E-state index in [9.17, 15) is 18.4 Å². The van der Waals surface area contributed by atoms with Gasteiger partial charge in [-0.15, -0.1) is 0 Å². The van der Waals surface area contributed by atoms with Crippen LogP contribution >= 0.6 is 0 Å². The molecule has 1 saturated heterocycles. The molecule has 148 valence electrons. The van der Waals surface area contributed by atoms with Crippen molar-refractivity contribution in [2.45, 2.75) is 13.3 Å². The molecule has 0 atom stereocenters. The topological polar surface area (TPSA) is 78.4 Å². The summed E-state index contributed by atoms with van der Waals surface area (Å²) >= 11 is 0. The van der Waals surface area contributed by atoms with Gasteiger partial charge in [0.15, 0.2) is 5.78 Å². The van der Waals surface area contributed by atoms with E-state index < -0.39 is 6.43 Å². The number of Topliss-reactive ketones (excluding diaryl/α,β-unsaturated/α-hetero) is 1. The average Bonchev–Trinajstić information content (AvgIpc) is 2.69. The Balaban J connectivity index is 1.49. The predicted octanol–water partition coefficient (Wildman–Crippen LogP) is 2.38. The summed E-state index contributed by atoms with van der Waals surface area (Å²) in [5.41, 5.74) is 0.936. The molecule has 0 bridgehead atoms. The lowest BCUT2D eigenvalue weighted by molar-refractivity contribution is -0.117. The van der Waals surface area contributed by atoms with Crippen LogP contribution in [-0.2, 0) is 4.79 Å². The number of nitrogens with one attached hydrogen (secondary N) is 1. The van der Waals surface area contributed by atoms with Crippen molar-refractivity contribution in [2.24, 2.45) is 0 Å². The van der Waals surface area contributed by atoms with Gasteiger partial charge in [-0.05, 0) is 31.2 Å². The van der Waals surface area contributed by atoms with E-state index in [2.05, 4.69) is 15.3 Å². The molecule has 0 spiro atoms. The lowest BCUT2D eigenvalue weighted by atomic mass is 10.1. The molecule has 0 unspecified atom stereocenters. The molecule has 3 rings (SSSR count). The van der Waals surface area contributed by atoms with Gasteiger partial charge in [-0.25, -0.2) is 18.7 Å². The Labute approximate surface area is 161 Å². The molecule has 1 aliphatic heterocycles. The highest BCUT2D eigenvalue weighted by Gasteiger charge is 2.21. The number of carbonyl (C=O) groups is 2. The Hall–Kier alpha value is -2.94. The molecule has 2 heterocycles. The van der Waals surface area contributed by atoms with E-state index >= 15 is 0 Å².